The number of nitrogens with two attached hydrogens (primary N) is 1. The van der Waals surface area contributed by atoms with E-state index in [1.165, 1.54) is 0 Å². The molecule has 0 rings (SSSR count). The number of allylic oxidation sites excluding steroid dienone is 3. The molecule has 0 aromatic heterocycles. The molecule has 92 valence electrons. The van der Waals surface area contributed by atoms with Crippen LogP contribution in [-0.4, -0.2) is 5.67 Å². The summed E-state index contributed by atoms with van der Waals surface area (Å²) in [7, 11) is 0. The molecule has 0 amide bonds. The van der Waals surface area contributed by atoms with Gasteiger partial charge < -0.3 is 5.73 Å². The summed E-state index contributed by atoms with van der Waals surface area (Å²) in [4.78, 5) is 0. The summed E-state index contributed by atoms with van der Waals surface area (Å²) in [5.41, 5.74) is 7.31. The second-order valence-electron chi connectivity index (χ2n) is 4.95. The largest absolute Gasteiger partial charge is 0.399 e. The summed E-state index contributed by atoms with van der Waals surface area (Å²) >= 11 is 0. The van der Waals surface area contributed by atoms with E-state index in [1.807, 2.05) is 26.0 Å². The number of hydrogen-bond acceptors (Lipinski definition) is 1. The first-order chi connectivity index (χ1) is 7.24. The summed E-state index contributed by atoms with van der Waals surface area (Å²) in [5.74, 6) is 0. The van der Waals surface area contributed by atoms with Crippen LogP contribution in [0.4, 0.5) is 4.39 Å². The molecular formula is C14H24FN. The Bertz CT molecular complexity index is 288. The highest BCUT2D eigenvalue weighted by atomic mass is 19.1. The lowest BCUT2D eigenvalue weighted by molar-refractivity contribution is 0.198. The van der Waals surface area contributed by atoms with Gasteiger partial charge in [-0.1, -0.05) is 24.3 Å². The standard InChI is InChI=1S/C14H24FN/c1-11(2)13(12(3)16)9-7-6-8-10-14(4,5)15/h7,9H,3,6,8,10,16H2,1-2,4-5H3/b9-7-. The number of halogens is 1. The van der Waals surface area contributed by atoms with Crippen LogP contribution in [0.2, 0.25) is 0 Å². The van der Waals surface area contributed by atoms with E-state index in [0.717, 1.165) is 24.0 Å². The Morgan fingerprint density at radius 2 is 1.94 bits per heavy atom. The maximum Gasteiger partial charge on any atom is 0.105 e. The van der Waals surface area contributed by atoms with Gasteiger partial charge in [-0.15, -0.1) is 0 Å². The van der Waals surface area contributed by atoms with Crippen molar-refractivity contribution in [3.05, 3.63) is 35.6 Å². The molecule has 0 bridgehead atoms. The van der Waals surface area contributed by atoms with Crippen molar-refractivity contribution in [1.82, 2.24) is 0 Å². The first kappa shape index (κ1) is 14.9. The highest BCUT2D eigenvalue weighted by molar-refractivity contribution is 5.38. The van der Waals surface area contributed by atoms with E-state index in [0.29, 0.717) is 12.1 Å². The van der Waals surface area contributed by atoms with E-state index in [2.05, 4.69) is 6.58 Å². The molecule has 0 fully saturated rings. The topological polar surface area (TPSA) is 26.0 Å². The Balaban J connectivity index is 4.11. The van der Waals surface area contributed by atoms with Crippen molar-refractivity contribution in [2.75, 3.05) is 0 Å². The zero-order valence-electron chi connectivity index (χ0n) is 10.9. The van der Waals surface area contributed by atoms with E-state index in [-0.39, 0.29) is 0 Å². The minimum Gasteiger partial charge on any atom is -0.399 e. The second-order valence-corrected chi connectivity index (χ2v) is 4.95. The normalized spacial score (nSPS) is 11.8. The number of rotatable bonds is 6. The minimum absolute atomic E-state index is 0.585. The van der Waals surface area contributed by atoms with Crippen molar-refractivity contribution in [3.8, 4) is 0 Å². The van der Waals surface area contributed by atoms with Gasteiger partial charge in [0.25, 0.3) is 0 Å². The Hall–Kier alpha value is -1.05. The summed E-state index contributed by atoms with van der Waals surface area (Å²) in [6.45, 7) is 11.0. The van der Waals surface area contributed by atoms with Crippen molar-refractivity contribution in [2.24, 2.45) is 5.73 Å². The Morgan fingerprint density at radius 1 is 1.38 bits per heavy atom. The molecule has 0 aromatic rings. The molecule has 0 aliphatic rings. The molecule has 0 spiro atoms. The molecule has 16 heavy (non-hydrogen) atoms. The van der Waals surface area contributed by atoms with Gasteiger partial charge in [0, 0.05) is 5.70 Å². The smallest absolute Gasteiger partial charge is 0.105 e. The first-order valence-corrected chi connectivity index (χ1v) is 5.72. The lowest BCUT2D eigenvalue weighted by atomic mass is 10.0. The summed E-state index contributed by atoms with van der Waals surface area (Å²) in [6, 6.07) is 0. The zero-order chi connectivity index (χ0) is 12.8. The third-order valence-electron chi connectivity index (χ3n) is 2.31. The van der Waals surface area contributed by atoms with Crippen molar-refractivity contribution in [3.63, 3.8) is 0 Å². The van der Waals surface area contributed by atoms with Crippen LogP contribution < -0.4 is 5.73 Å². The van der Waals surface area contributed by atoms with Crippen molar-refractivity contribution >= 4 is 0 Å². The van der Waals surface area contributed by atoms with Gasteiger partial charge in [-0.2, -0.15) is 0 Å². The quantitative estimate of drug-likeness (QED) is 0.530. The fourth-order valence-corrected chi connectivity index (χ4v) is 1.44. The molecule has 2 heteroatoms. The maximum atomic E-state index is 13.2. The van der Waals surface area contributed by atoms with Crippen LogP contribution in [0.3, 0.4) is 0 Å². The molecule has 0 atom stereocenters. The predicted octanol–water partition coefficient (Wildman–Crippen LogP) is 4.27. The highest BCUT2D eigenvalue weighted by Crippen LogP contribution is 2.18. The molecule has 0 aromatic carbocycles. The van der Waals surface area contributed by atoms with Gasteiger partial charge in [0.05, 0.1) is 0 Å². The van der Waals surface area contributed by atoms with Crippen LogP contribution >= 0.6 is 0 Å². The van der Waals surface area contributed by atoms with E-state index < -0.39 is 5.67 Å². The van der Waals surface area contributed by atoms with Gasteiger partial charge >= 0.3 is 0 Å². The second kappa shape index (κ2) is 6.51. The molecule has 0 unspecified atom stereocenters. The average Bonchev–Trinajstić information content (AvgIpc) is 2.07. The van der Waals surface area contributed by atoms with E-state index >= 15 is 0 Å². The third-order valence-corrected chi connectivity index (χ3v) is 2.31. The van der Waals surface area contributed by atoms with Crippen LogP contribution in [-0.2, 0) is 0 Å². The van der Waals surface area contributed by atoms with Crippen molar-refractivity contribution in [2.45, 2.75) is 52.6 Å². The number of unbranched alkanes of at least 4 members (excludes halogenated alkanes) is 1. The Morgan fingerprint density at radius 3 is 2.31 bits per heavy atom. The van der Waals surface area contributed by atoms with Gasteiger partial charge in [0.15, 0.2) is 0 Å². The number of hydrogen-bond donors (Lipinski definition) is 1. The van der Waals surface area contributed by atoms with Crippen molar-refractivity contribution < 1.29 is 4.39 Å². The summed E-state index contributed by atoms with van der Waals surface area (Å²) < 4.78 is 13.2. The van der Waals surface area contributed by atoms with Crippen LogP contribution in [0.1, 0.15) is 47.0 Å². The zero-order valence-corrected chi connectivity index (χ0v) is 10.9. The lowest BCUT2D eigenvalue weighted by Crippen LogP contribution is -2.10. The molecule has 2 N–H and O–H groups in total. The molecule has 0 radical (unpaired) electrons. The average molecular weight is 225 g/mol. The Kier molecular flexibility index (Phi) is 6.09. The van der Waals surface area contributed by atoms with E-state index in [4.69, 9.17) is 5.73 Å². The van der Waals surface area contributed by atoms with Gasteiger partial charge in [-0.3, -0.25) is 0 Å². The summed E-state index contributed by atoms with van der Waals surface area (Å²) in [6.07, 6.45) is 6.32. The number of alkyl halides is 1. The van der Waals surface area contributed by atoms with E-state index in [9.17, 15) is 4.39 Å². The first-order valence-electron chi connectivity index (χ1n) is 5.72. The van der Waals surface area contributed by atoms with Gasteiger partial charge in [0.2, 0.25) is 0 Å². The fourth-order valence-electron chi connectivity index (χ4n) is 1.44. The minimum atomic E-state index is -1.06. The molecule has 0 aliphatic carbocycles. The third kappa shape index (κ3) is 7.27. The van der Waals surface area contributed by atoms with Crippen LogP contribution in [0, 0.1) is 0 Å². The molecule has 0 saturated carbocycles. The van der Waals surface area contributed by atoms with Crippen molar-refractivity contribution in [1.29, 1.82) is 0 Å². The van der Waals surface area contributed by atoms with Gasteiger partial charge in [0.1, 0.15) is 5.67 Å². The Labute approximate surface area is 98.9 Å². The van der Waals surface area contributed by atoms with Crippen LogP contribution in [0.15, 0.2) is 35.6 Å². The predicted molar refractivity (Wildman–Crippen MR) is 69.9 cm³/mol. The monoisotopic (exact) mass is 225 g/mol. The summed E-state index contributed by atoms with van der Waals surface area (Å²) in [5, 5.41) is 0. The van der Waals surface area contributed by atoms with Crippen LogP contribution in [0.5, 0.6) is 0 Å². The lowest BCUT2D eigenvalue weighted by Gasteiger charge is -2.12. The molecule has 0 heterocycles. The molecule has 0 aliphatic heterocycles. The molecule has 0 saturated heterocycles. The highest BCUT2D eigenvalue weighted by Gasteiger charge is 2.13. The van der Waals surface area contributed by atoms with Crippen LogP contribution in [0.25, 0.3) is 0 Å². The molecular weight excluding hydrogens is 201 g/mol. The fraction of sp³-hybridized carbons (Fsp3) is 0.571. The van der Waals surface area contributed by atoms with Gasteiger partial charge in [-0.25, -0.2) is 4.39 Å². The SMILES string of the molecule is C=C(N)C(/C=C\CCCC(C)(C)F)=C(C)C. The molecule has 1 nitrogen and oxygen atoms in total. The van der Waals surface area contributed by atoms with Gasteiger partial charge in [-0.05, 0) is 52.5 Å². The van der Waals surface area contributed by atoms with E-state index in [1.54, 1.807) is 13.8 Å². The maximum absolute atomic E-state index is 13.2.